The number of hydrogen-bond acceptors (Lipinski definition) is 4. The summed E-state index contributed by atoms with van der Waals surface area (Å²) < 4.78 is 0. The zero-order chi connectivity index (χ0) is 18.8. The molecule has 0 spiro atoms. The Balaban J connectivity index is 0.000000450. The lowest BCUT2D eigenvalue weighted by Gasteiger charge is -2.19. The van der Waals surface area contributed by atoms with Crippen molar-refractivity contribution in [1.29, 1.82) is 0 Å². The Morgan fingerprint density at radius 2 is 1.56 bits per heavy atom. The van der Waals surface area contributed by atoms with Crippen molar-refractivity contribution in [1.82, 2.24) is 4.90 Å². The number of carboxylic acid groups (broad SMARTS) is 2. The summed E-state index contributed by atoms with van der Waals surface area (Å²) in [6.45, 7) is 6.71. The van der Waals surface area contributed by atoms with E-state index in [9.17, 15) is 4.79 Å². The smallest absolute Gasteiger partial charge is 0.414 e. The van der Waals surface area contributed by atoms with Crippen molar-refractivity contribution >= 4 is 23.5 Å². The molecule has 1 fully saturated rings. The maximum absolute atomic E-state index is 12.1. The van der Waals surface area contributed by atoms with E-state index < -0.39 is 11.9 Å². The van der Waals surface area contributed by atoms with Crippen LogP contribution in [0.4, 0.5) is 5.69 Å². The second kappa shape index (κ2) is 10.5. The first-order valence-electron chi connectivity index (χ1n) is 8.35. The number of anilines is 1. The first-order valence-corrected chi connectivity index (χ1v) is 8.35. The molecule has 25 heavy (non-hydrogen) atoms. The van der Waals surface area contributed by atoms with Gasteiger partial charge >= 0.3 is 11.9 Å². The molecule has 0 bridgehead atoms. The van der Waals surface area contributed by atoms with Gasteiger partial charge in [0.1, 0.15) is 0 Å². The monoisotopic (exact) mass is 350 g/mol. The highest BCUT2D eigenvalue weighted by Gasteiger charge is 2.13. The van der Waals surface area contributed by atoms with Crippen LogP contribution in [0.3, 0.4) is 0 Å². The number of carbonyl (C=O) groups is 3. The van der Waals surface area contributed by atoms with Crippen LogP contribution in [-0.2, 0) is 14.4 Å². The number of benzene rings is 1. The van der Waals surface area contributed by atoms with Crippen LogP contribution in [0.25, 0.3) is 0 Å². The molecular formula is C18H26N2O5. The molecule has 0 radical (unpaired) electrons. The minimum absolute atomic E-state index is 0.107. The molecule has 7 nitrogen and oxygen atoms in total. The zero-order valence-corrected chi connectivity index (χ0v) is 14.7. The number of aryl methyl sites for hydroxylation is 2. The van der Waals surface area contributed by atoms with Gasteiger partial charge in [-0.2, -0.15) is 0 Å². The maximum Gasteiger partial charge on any atom is 0.414 e. The lowest BCUT2D eigenvalue weighted by molar-refractivity contribution is -0.159. The Kier molecular flexibility index (Phi) is 8.63. The van der Waals surface area contributed by atoms with Crippen LogP contribution >= 0.6 is 0 Å². The molecule has 0 atom stereocenters. The van der Waals surface area contributed by atoms with Crippen LogP contribution in [0.5, 0.6) is 0 Å². The number of nitrogens with zero attached hydrogens (tertiary/aromatic N) is 1. The molecule has 1 amide bonds. The molecule has 1 aliphatic rings. The van der Waals surface area contributed by atoms with Gasteiger partial charge in [-0.15, -0.1) is 0 Å². The van der Waals surface area contributed by atoms with E-state index in [0.717, 1.165) is 24.3 Å². The van der Waals surface area contributed by atoms with Gasteiger partial charge < -0.3 is 15.5 Å². The topological polar surface area (TPSA) is 107 Å². The Hall–Kier alpha value is -2.41. The largest absolute Gasteiger partial charge is 0.473 e. The summed E-state index contributed by atoms with van der Waals surface area (Å²) in [6.07, 6.45) is 5.04. The summed E-state index contributed by atoms with van der Waals surface area (Å²) in [6, 6.07) is 6.16. The van der Waals surface area contributed by atoms with Crippen molar-refractivity contribution in [3.8, 4) is 0 Å². The molecule has 0 aromatic heterocycles. The van der Waals surface area contributed by atoms with Crippen molar-refractivity contribution in [3.63, 3.8) is 0 Å². The molecule has 2 rings (SSSR count). The van der Waals surface area contributed by atoms with Crippen LogP contribution < -0.4 is 5.32 Å². The highest BCUT2D eigenvalue weighted by molar-refractivity contribution is 6.27. The molecule has 1 heterocycles. The number of carbonyl (C=O) groups excluding carboxylic acids is 1. The van der Waals surface area contributed by atoms with E-state index in [4.69, 9.17) is 19.8 Å². The van der Waals surface area contributed by atoms with E-state index in [1.165, 1.54) is 31.2 Å². The molecule has 0 aliphatic carbocycles. The molecule has 1 aliphatic heterocycles. The van der Waals surface area contributed by atoms with Crippen LogP contribution in [0.15, 0.2) is 18.2 Å². The van der Waals surface area contributed by atoms with Gasteiger partial charge in [-0.05, 0) is 57.0 Å². The highest BCUT2D eigenvalue weighted by atomic mass is 16.4. The van der Waals surface area contributed by atoms with E-state index in [0.29, 0.717) is 6.54 Å². The number of likely N-dealkylation sites (tertiary alicyclic amines) is 1. The number of rotatable bonds is 3. The van der Waals surface area contributed by atoms with E-state index in [-0.39, 0.29) is 5.91 Å². The number of amides is 1. The normalized spacial score (nSPS) is 14.6. The molecular weight excluding hydrogens is 324 g/mol. The second-order valence-corrected chi connectivity index (χ2v) is 6.17. The lowest BCUT2D eigenvalue weighted by atomic mass is 10.1. The van der Waals surface area contributed by atoms with Crippen LogP contribution in [0.1, 0.15) is 36.8 Å². The Labute approximate surface area is 147 Å². The number of hydrogen-bond donors (Lipinski definition) is 3. The third-order valence-corrected chi connectivity index (χ3v) is 3.92. The first kappa shape index (κ1) is 20.6. The van der Waals surface area contributed by atoms with Gasteiger partial charge in [0, 0.05) is 5.69 Å². The molecule has 3 N–H and O–H groups in total. The summed E-state index contributed by atoms with van der Waals surface area (Å²) in [5, 5.41) is 17.8. The quantitative estimate of drug-likeness (QED) is 0.722. The van der Waals surface area contributed by atoms with Crippen molar-refractivity contribution in [2.24, 2.45) is 0 Å². The molecule has 0 unspecified atom stereocenters. The van der Waals surface area contributed by atoms with Crippen LogP contribution in [-0.4, -0.2) is 52.6 Å². The number of nitrogens with one attached hydrogen (secondary N) is 1. The van der Waals surface area contributed by atoms with Gasteiger partial charge in [0.2, 0.25) is 5.91 Å². The average Bonchev–Trinajstić information content (AvgIpc) is 2.80. The SMILES string of the molecule is Cc1ccc(C)c(NC(=O)CN2CCCCCC2)c1.O=C(O)C(=O)O. The van der Waals surface area contributed by atoms with Crippen molar-refractivity contribution in [3.05, 3.63) is 29.3 Å². The van der Waals surface area contributed by atoms with Gasteiger partial charge in [0.15, 0.2) is 0 Å². The molecule has 0 saturated carbocycles. The molecule has 1 aromatic rings. The van der Waals surface area contributed by atoms with Gasteiger partial charge in [-0.3, -0.25) is 9.69 Å². The fourth-order valence-corrected chi connectivity index (χ4v) is 2.56. The van der Waals surface area contributed by atoms with E-state index in [1.54, 1.807) is 0 Å². The molecule has 7 heteroatoms. The molecule has 138 valence electrons. The summed E-state index contributed by atoms with van der Waals surface area (Å²) in [7, 11) is 0. The van der Waals surface area contributed by atoms with E-state index >= 15 is 0 Å². The molecule has 1 aromatic carbocycles. The fourth-order valence-electron chi connectivity index (χ4n) is 2.56. The van der Waals surface area contributed by atoms with Gasteiger partial charge in [-0.25, -0.2) is 9.59 Å². The van der Waals surface area contributed by atoms with Gasteiger partial charge in [0.25, 0.3) is 0 Å². The average molecular weight is 350 g/mol. The predicted molar refractivity (Wildman–Crippen MR) is 94.7 cm³/mol. The number of aliphatic carboxylic acids is 2. The summed E-state index contributed by atoms with van der Waals surface area (Å²) in [4.78, 5) is 32.6. The van der Waals surface area contributed by atoms with E-state index in [1.807, 2.05) is 19.9 Å². The van der Waals surface area contributed by atoms with Crippen molar-refractivity contribution < 1.29 is 24.6 Å². The fraction of sp³-hybridized carbons (Fsp3) is 0.500. The zero-order valence-electron chi connectivity index (χ0n) is 14.7. The standard InChI is InChI=1S/C16H24N2O.C2H2O4/c1-13-7-8-14(2)15(11-13)17-16(19)12-18-9-5-3-4-6-10-18;3-1(4)2(5)6/h7-8,11H,3-6,9-10,12H2,1-2H3,(H,17,19);(H,3,4)(H,5,6). The summed E-state index contributed by atoms with van der Waals surface area (Å²) in [5.74, 6) is -3.54. The Morgan fingerprint density at radius 3 is 2.08 bits per heavy atom. The van der Waals surface area contributed by atoms with Gasteiger partial charge in [-0.1, -0.05) is 25.0 Å². The predicted octanol–water partition coefficient (Wildman–Crippen LogP) is 2.27. The minimum atomic E-state index is -1.82. The Bertz CT molecular complexity index is 595. The second-order valence-electron chi connectivity index (χ2n) is 6.17. The molecule has 1 saturated heterocycles. The van der Waals surface area contributed by atoms with Gasteiger partial charge in [0.05, 0.1) is 6.54 Å². The minimum Gasteiger partial charge on any atom is -0.473 e. The summed E-state index contributed by atoms with van der Waals surface area (Å²) in [5.41, 5.74) is 3.24. The van der Waals surface area contributed by atoms with Crippen molar-refractivity contribution in [2.75, 3.05) is 25.0 Å². The Morgan fingerprint density at radius 1 is 1.00 bits per heavy atom. The maximum atomic E-state index is 12.1. The van der Waals surface area contributed by atoms with E-state index in [2.05, 4.69) is 22.3 Å². The third kappa shape index (κ3) is 8.30. The highest BCUT2D eigenvalue weighted by Crippen LogP contribution is 2.16. The van der Waals surface area contributed by atoms with Crippen LogP contribution in [0.2, 0.25) is 0 Å². The summed E-state index contributed by atoms with van der Waals surface area (Å²) >= 11 is 0. The lowest BCUT2D eigenvalue weighted by Crippen LogP contribution is -2.34. The first-order chi connectivity index (χ1) is 11.8. The van der Waals surface area contributed by atoms with Crippen molar-refractivity contribution in [2.45, 2.75) is 39.5 Å². The third-order valence-electron chi connectivity index (χ3n) is 3.92. The van der Waals surface area contributed by atoms with Crippen LogP contribution in [0, 0.1) is 13.8 Å². The number of carboxylic acids is 2.